The summed E-state index contributed by atoms with van der Waals surface area (Å²) in [5.41, 5.74) is 3.84. The number of amides is 1. The molecule has 0 saturated carbocycles. The maximum Gasteiger partial charge on any atom is 0.264 e. The van der Waals surface area contributed by atoms with Crippen molar-refractivity contribution in [2.24, 2.45) is 12.0 Å². The molecule has 2 heterocycles. The number of aryl methyl sites for hydroxylation is 1. The highest BCUT2D eigenvalue weighted by molar-refractivity contribution is 8.18. The Balaban J connectivity index is 1.70. The van der Waals surface area contributed by atoms with Crippen molar-refractivity contribution in [3.05, 3.63) is 70.5 Å². The number of rotatable bonds is 2. The highest BCUT2D eigenvalue weighted by Gasteiger charge is 2.25. The standard InChI is InChI=1S/C20H16FN3OS/c1-12-16(15-5-3-4-6-17(15)24(12)2)11-18-19(25)23-20(26-18)22-14-9-7-13(21)8-10-14/h3-11H,1-2H3,(H,22,23,25)/b18-11+. The largest absolute Gasteiger partial charge is 0.347 e. The van der Waals surface area contributed by atoms with Crippen LogP contribution in [0.15, 0.2) is 58.4 Å². The van der Waals surface area contributed by atoms with Gasteiger partial charge in [-0.3, -0.25) is 4.79 Å². The first-order chi connectivity index (χ1) is 12.5. The Labute approximate surface area is 154 Å². The van der Waals surface area contributed by atoms with Crippen LogP contribution in [0, 0.1) is 12.7 Å². The van der Waals surface area contributed by atoms with Gasteiger partial charge < -0.3 is 9.88 Å². The lowest BCUT2D eigenvalue weighted by molar-refractivity contribution is -0.115. The molecule has 1 N–H and O–H groups in total. The summed E-state index contributed by atoms with van der Waals surface area (Å²) in [4.78, 5) is 17.3. The van der Waals surface area contributed by atoms with E-state index in [1.54, 1.807) is 12.1 Å². The normalized spacial score (nSPS) is 17.4. The van der Waals surface area contributed by atoms with Gasteiger partial charge in [-0.2, -0.15) is 0 Å². The number of benzene rings is 2. The maximum absolute atomic E-state index is 13.0. The van der Waals surface area contributed by atoms with E-state index in [0.29, 0.717) is 15.8 Å². The summed E-state index contributed by atoms with van der Waals surface area (Å²) >= 11 is 1.29. The molecule has 1 amide bonds. The number of aromatic nitrogens is 1. The van der Waals surface area contributed by atoms with E-state index >= 15 is 0 Å². The highest BCUT2D eigenvalue weighted by Crippen LogP contribution is 2.32. The number of carbonyl (C=O) groups excluding carboxylic acids is 1. The van der Waals surface area contributed by atoms with Gasteiger partial charge in [0.25, 0.3) is 5.91 Å². The summed E-state index contributed by atoms with van der Waals surface area (Å²) < 4.78 is 15.1. The molecule has 4 rings (SSSR count). The monoisotopic (exact) mass is 365 g/mol. The van der Waals surface area contributed by atoms with Crippen molar-refractivity contribution >= 4 is 45.5 Å². The molecule has 1 fully saturated rings. The van der Waals surface area contributed by atoms with Gasteiger partial charge >= 0.3 is 0 Å². The smallest absolute Gasteiger partial charge is 0.264 e. The van der Waals surface area contributed by atoms with Crippen LogP contribution in [0.5, 0.6) is 0 Å². The Kier molecular flexibility index (Phi) is 4.12. The van der Waals surface area contributed by atoms with Gasteiger partial charge in [-0.25, -0.2) is 9.38 Å². The van der Waals surface area contributed by atoms with Crippen LogP contribution in [-0.2, 0) is 11.8 Å². The Bertz CT molecular complexity index is 1080. The highest BCUT2D eigenvalue weighted by atomic mass is 32.2. The van der Waals surface area contributed by atoms with Gasteiger partial charge in [-0.1, -0.05) is 18.2 Å². The minimum absolute atomic E-state index is 0.178. The number of hydrogen-bond acceptors (Lipinski definition) is 3. The average molecular weight is 365 g/mol. The molecule has 4 nitrogen and oxygen atoms in total. The Morgan fingerprint density at radius 1 is 1.15 bits per heavy atom. The van der Waals surface area contributed by atoms with Crippen LogP contribution in [0.2, 0.25) is 0 Å². The van der Waals surface area contributed by atoms with E-state index in [4.69, 9.17) is 0 Å². The lowest BCUT2D eigenvalue weighted by Gasteiger charge is -1.98. The summed E-state index contributed by atoms with van der Waals surface area (Å²) in [6.45, 7) is 2.04. The third kappa shape index (κ3) is 2.93. The number of halogens is 1. The molecular formula is C20H16FN3OS. The van der Waals surface area contributed by atoms with Gasteiger partial charge in [-0.15, -0.1) is 0 Å². The third-order valence-corrected chi connectivity index (χ3v) is 5.34. The summed E-state index contributed by atoms with van der Waals surface area (Å²) in [5.74, 6) is -0.493. The average Bonchev–Trinajstić information content (AvgIpc) is 3.10. The number of nitrogens with one attached hydrogen (secondary N) is 1. The van der Waals surface area contributed by atoms with Crippen molar-refractivity contribution in [1.82, 2.24) is 9.88 Å². The molecule has 0 spiro atoms. The zero-order valence-electron chi connectivity index (χ0n) is 14.3. The van der Waals surface area contributed by atoms with Gasteiger partial charge in [0.1, 0.15) is 5.82 Å². The molecule has 130 valence electrons. The molecule has 0 radical (unpaired) electrons. The zero-order chi connectivity index (χ0) is 18.3. The topological polar surface area (TPSA) is 46.4 Å². The van der Waals surface area contributed by atoms with Gasteiger partial charge in [0.2, 0.25) is 0 Å². The molecule has 1 saturated heterocycles. The fraction of sp³-hybridized carbons (Fsp3) is 0.100. The van der Waals surface area contributed by atoms with Crippen LogP contribution in [0.25, 0.3) is 17.0 Å². The molecule has 1 aliphatic heterocycles. The number of thioether (sulfide) groups is 1. The number of para-hydroxylation sites is 1. The number of hydrogen-bond donors (Lipinski definition) is 1. The second kappa shape index (κ2) is 6.46. The first-order valence-corrected chi connectivity index (χ1v) is 8.94. The first kappa shape index (κ1) is 16.6. The fourth-order valence-electron chi connectivity index (χ4n) is 2.98. The summed E-state index contributed by atoms with van der Waals surface area (Å²) in [5, 5.41) is 4.37. The molecule has 2 aromatic carbocycles. The molecule has 0 atom stereocenters. The van der Waals surface area contributed by atoms with Crippen molar-refractivity contribution in [1.29, 1.82) is 0 Å². The third-order valence-electron chi connectivity index (χ3n) is 4.43. The molecule has 3 aromatic rings. The number of carbonyl (C=O) groups is 1. The van der Waals surface area contributed by atoms with Gasteiger partial charge in [-0.05, 0) is 55.1 Å². The van der Waals surface area contributed by atoms with E-state index in [1.165, 1.54) is 23.9 Å². The first-order valence-electron chi connectivity index (χ1n) is 8.12. The molecule has 1 aromatic heterocycles. The lowest BCUT2D eigenvalue weighted by atomic mass is 10.1. The van der Waals surface area contributed by atoms with Crippen molar-refractivity contribution in [3.8, 4) is 0 Å². The molecule has 0 bridgehead atoms. The number of fused-ring (bicyclic) bond motifs is 1. The van der Waals surface area contributed by atoms with Crippen LogP contribution in [0.3, 0.4) is 0 Å². The lowest BCUT2D eigenvalue weighted by Crippen LogP contribution is -2.19. The van der Waals surface area contributed by atoms with Crippen LogP contribution in [-0.4, -0.2) is 15.6 Å². The molecular weight excluding hydrogens is 349 g/mol. The van der Waals surface area contributed by atoms with E-state index in [-0.39, 0.29) is 11.7 Å². The summed E-state index contributed by atoms with van der Waals surface area (Å²) in [7, 11) is 2.02. The number of aliphatic imine (C=N–C) groups is 1. The molecule has 0 aliphatic carbocycles. The predicted molar refractivity (Wildman–Crippen MR) is 105 cm³/mol. The minimum atomic E-state index is -0.316. The van der Waals surface area contributed by atoms with Crippen LogP contribution in [0.1, 0.15) is 11.3 Å². The Hall–Kier alpha value is -2.86. The van der Waals surface area contributed by atoms with Crippen LogP contribution in [0.4, 0.5) is 10.1 Å². The Morgan fingerprint density at radius 2 is 1.88 bits per heavy atom. The van der Waals surface area contributed by atoms with E-state index in [9.17, 15) is 9.18 Å². The summed E-state index contributed by atoms with van der Waals surface area (Å²) in [6.07, 6.45) is 1.91. The van der Waals surface area contributed by atoms with Crippen molar-refractivity contribution in [2.45, 2.75) is 6.92 Å². The predicted octanol–water partition coefficient (Wildman–Crippen LogP) is 4.52. The van der Waals surface area contributed by atoms with E-state index < -0.39 is 0 Å². The second-order valence-electron chi connectivity index (χ2n) is 6.03. The molecule has 0 unspecified atom stereocenters. The van der Waals surface area contributed by atoms with Crippen molar-refractivity contribution in [2.75, 3.05) is 0 Å². The van der Waals surface area contributed by atoms with Gasteiger partial charge in [0.05, 0.1) is 10.6 Å². The zero-order valence-corrected chi connectivity index (χ0v) is 15.1. The fourth-order valence-corrected chi connectivity index (χ4v) is 3.80. The minimum Gasteiger partial charge on any atom is -0.347 e. The van der Waals surface area contributed by atoms with E-state index in [0.717, 1.165) is 22.2 Å². The number of amidine groups is 1. The molecule has 6 heteroatoms. The van der Waals surface area contributed by atoms with Crippen LogP contribution >= 0.6 is 11.8 Å². The number of nitrogens with zero attached hydrogens (tertiary/aromatic N) is 2. The van der Waals surface area contributed by atoms with Gasteiger partial charge in [0.15, 0.2) is 5.17 Å². The Morgan fingerprint density at radius 3 is 2.65 bits per heavy atom. The van der Waals surface area contributed by atoms with Crippen molar-refractivity contribution < 1.29 is 9.18 Å². The van der Waals surface area contributed by atoms with E-state index in [2.05, 4.69) is 27.0 Å². The SMILES string of the molecule is Cc1c(/C=C2/SC(=Nc3ccc(F)cc3)NC2=O)c2ccccc2n1C. The van der Waals surface area contributed by atoms with Crippen LogP contribution < -0.4 is 5.32 Å². The van der Waals surface area contributed by atoms with E-state index in [1.807, 2.05) is 32.2 Å². The van der Waals surface area contributed by atoms with Gasteiger partial charge in [0, 0.05) is 29.2 Å². The quantitative estimate of drug-likeness (QED) is 0.679. The molecule has 1 aliphatic rings. The molecule has 26 heavy (non-hydrogen) atoms. The van der Waals surface area contributed by atoms with Crippen molar-refractivity contribution in [3.63, 3.8) is 0 Å². The maximum atomic E-state index is 13.0. The summed E-state index contributed by atoms with van der Waals surface area (Å²) in [6, 6.07) is 14.0. The second-order valence-corrected chi connectivity index (χ2v) is 7.06.